The number of nitrogen functional groups attached to an aromatic ring is 1. The predicted molar refractivity (Wildman–Crippen MR) is 63.6 cm³/mol. The second-order valence-corrected chi connectivity index (χ2v) is 3.66. The Morgan fingerprint density at radius 3 is 2.59 bits per heavy atom. The van der Waals surface area contributed by atoms with E-state index < -0.39 is 5.97 Å². The Balaban J connectivity index is 2.44. The maximum atomic E-state index is 10.9. The number of carbonyl (C=O) groups is 1. The Morgan fingerprint density at radius 1 is 1.29 bits per heavy atom. The van der Waals surface area contributed by atoms with Gasteiger partial charge in [0.15, 0.2) is 0 Å². The van der Waals surface area contributed by atoms with Crippen LogP contribution in [0.2, 0.25) is 0 Å². The summed E-state index contributed by atoms with van der Waals surface area (Å²) in [6, 6.07) is 5.03. The highest BCUT2D eigenvalue weighted by atomic mass is 16.4. The maximum Gasteiger partial charge on any atom is 0.335 e. The number of hydrogen-bond acceptors (Lipinski definition) is 4. The van der Waals surface area contributed by atoms with Crippen molar-refractivity contribution in [2.24, 2.45) is 0 Å². The van der Waals surface area contributed by atoms with Gasteiger partial charge in [0, 0.05) is 5.56 Å². The van der Waals surface area contributed by atoms with Crippen LogP contribution in [0, 0.1) is 6.92 Å². The summed E-state index contributed by atoms with van der Waals surface area (Å²) >= 11 is 0. The summed E-state index contributed by atoms with van der Waals surface area (Å²) in [4.78, 5) is 18.9. The van der Waals surface area contributed by atoms with Crippen molar-refractivity contribution in [3.05, 3.63) is 41.7 Å². The van der Waals surface area contributed by atoms with E-state index in [0.29, 0.717) is 17.1 Å². The predicted octanol–water partition coefficient (Wildman–Crippen LogP) is 1.73. The van der Waals surface area contributed by atoms with Gasteiger partial charge in [0.1, 0.15) is 5.82 Å². The number of carboxylic acids is 1. The van der Waals surface area contributed by atoms with Gasteiger partial charge < -0.3 is 10.8 Å². The third kappa shape index (κ3) is 2.23. The Labute approximate surface area is 98.0 Å². The molecule has 0 amide bonds. The van der Waals surface area contributed by atoms with Gasteiger partial charge >= 0.3 is 5.97 Å². The van der Waals surface area contributed by atoms with Crippen molar-refractivity contribution in [1.29, 1.82) is 0 Å². The third-order valence-corrected chi connectivity index (χ3v) is 2.42. The van der Waals surface area contributed by atoms with Gasteiger partial charge in [-0.25, -0.2) is 9.78 Å². The normalized spacial score (nSPS) is 10.2. The van der Waals surface area contributed by atoms with Gasteiger partial charge in [0.2, 0.25) is 0 Å². The number of benzene rings is 1. The van der Waals surface area contributed by atoms with Crippen molar-refractivity contribution in [2.75, 3.05) is 5.73 Å². The van der Waals surface area contributed by atoms with Crippen LogP contribution in [0.4, 0.5) is 5.82 Å². The number of aryl methyl sites for hydroxylation is 1. The molecule has 0 atom stereocenters. The van der Waals surface area contributed by atoms with Crippen LogP contribution in [0.5, 0.6) is 0 Å². The number of nitrogens with zero attached hydrogens (tertiary/aromatic N) is 2. The molecule has 0 radical (unpaired) electrons. The molecule has 1 heterocycles. The lowest BCUT2D eigenvalue weighted by atomic mass is 10.0. The Morgan fingerprint density at radius 2 is 2.06 bits per heavy atom. The van der Waals surface area contributed by atoms with Crippen LogP contribution in [0.15, 0.2) is 30.6 Å². The number of carboxylic acid groups (broad SMARTS) is 1. The van der Waals surface area contributed by atoms with Crippen LogP contribution < -0.4 is 5.73 Å². The Kier molecular flexibility index (Phi) is 2.74. The third-order valence-electron chi connectivity index (χ3n) is 2.42. The fraction of sp³-hybridized carbons (Fsp3) is 0.0833. The molecule has 0 spiro atoms. The first kappa shape index (κ1) is 11.1. The average molecular weight is 229 g/mol. The van der Waals surface area contributed by atoms with E-state index in [1.165, 1.54) is 6.20 Å². The van der Waals surface area contributed by atoms with Crippen LogP contribution in [-0.2, 0) is 0 Å². The van der Waals surface area contributed by atoms with E-state index >= 15 is 0 Å². The van der Waals surface area contributed by atoms with Crippen molar-refractivity contribution in [1.82, 2.24) is 9.97 Å². The van der Waals surface area contributed by atoms with E-state index in [-0.39, 0.29) is 5.56 Å². The fourth-order valence-electron chi connectivity index (χ4n) is 1.55. The van der Waals surface area contributed by atoms with Crippen LogP contribution >= 0.6 is 0 Å². The van der Waals surface area contributed by atoms with Crippen LogP contribution in [-0.4, -0.2) is 21.0 Å². The van der Waals surface area contributed by atoms with Crippen molar-refractivity contribution in [2.45, 2.75) is 6.92 Å². The summed E-state index contributed by atoms with van der Waals surface area (Å²) in [6.45, 7) is 1.75. The molecule has 0 aliphatic carbocycles. The van der Waals surface area contributed by atoms with E-state index in [1.807, 2.05) is 0 Å². The lowest BCUT2D eigenvalue weighted by molar-refractivity contribution is 0.0696. The summed E-state index contributed by atoms with van der Waals surface area (Å²) in [6.07, 6.45) is 3.03. The largest absolute Gasteiger partial charge is 0.478 e. The summed E-state index contributed by atoms with van der Waals surface area (Å²) in [5, 5.41) is 8.92. The molecule has 1 aromatic carbocycles. The molecule has 3 N–H and O–H groups in total. The molecule has 0 bridgehead atoms. The van der Waals surface area contributed by atoms with Crippen molar-refractivity contribution >= 4 is 11.8 Å². The zero-order valence-corrected chi connectivity index (χ0v) is 9.21. The molecular formula is C12H11N3O2. The molecule has 0 saturated heterocycles. The smallest absolute Gasteiger partial charge is 0.335 e. The van der Waals surface area contributed by atoms with Gasteiger partial charge in [-0.15, -0.1) is 0 Å². The minimum absolute atomic E-state index is 0.289. The number of hydrogen-bond donors (Lipinski definition) is 2. The SMILES string of the molecule is Cc1cc(-c2cnc(N)cn2)ccc1C(=O)O. The molecule has 5 nitrogen and oxygen atoms in total. The van der Waals surface area contributed by atoms with Crippen LogP contribution in [0.25, 0.3) is 11.3 Å². The zero-order valence-electron chi connectivity index (χ0n) is 9.21. The standard InChI is InChI=1S/C12H11N3O2/c1-7-4-8(2-3-9(7)12(16)17)10-5-15-11(13)6-14-10/h2-6H,1H3,(H2,13,15)(H,16,17). The first-order chi connectivity index (χ1) is 8.08. The molecular weight excluding hydrogens is 218 g/mol. The van der Waals surface area contributed by atoms with Crippen molar-refractivity contribution < 1.29 is 9.90 Å². The van der Waals surface area contributed by atoms with Crippen molar-refractivity contribution in [3.8, 4) is 11.3 Å². The van der Waals surface area contributed by atoms with Gasteiger partial charge in [-0.05, 0) is 24.6 Å². The number of rotatable bonds is 2. The van der Waals surface area contributed by atoms with E-state index in [2.05, 4.69) is 9.97 Å². The highest BCUT2D eigenvalue weighted by molar-refractivity contribution is 5.90. The van der Waals surface area contributed by atoms with Gasteiger partial charge in [0.05, 0.1) is 23.7 Å². The number of anilines is 1. The summed E-state index contributed by atoms with van der Waals surface area (Å²) < 4.78 is 0. The topological polar surface area (TPSA) is 89.1 Å². The van der Waals surface area contributed by atoms with E-state index in [9.17, 15) is 4.79 Å². The summed E-state index contributed by atoms with van der Waals surface area (Å²) in [5.74, 6) is -0.579. The second-order valence-electron chi connectivity index (χ2n) is 3.66. The Hall–Kier alpha value is -2.43. The van der Waals surface area contributed by atoms with E-state index in [4.69, 9.17) is 10.8 Å². The molecule has 17 heavy (non-hydrogen) atoms. The minimum Gasteiger partial charge on any atom is -0.478 e. The highest BCUT2D eigenvalue weighted by Gasteiger charge is 2.08. The fourth-order valence-corrected chi connectivity index (χ4v) is 1.55. The molecule has 1 aromatic heterocycles. The molecule has 0 saturated carbocycles. The van der Waals surface area contributed by atoms with Gasteiger partial charge in [-0.2, -0.15) is 0 Å². The minimum atomic E-state index is -0.933. The molecule has 0 fully saturated rings. The first-order valence-corrected chi connectivity index (χ1v) is 5.00. The van der Waals surface area contributed by atoms with E-state index in [1.54, 1.807) is 31.3 Å². The van der Waals surface area contributed by atoms with E-state index in [0.717, 1.165) is 5.56 Å². The summed E-state index contributed by atoms with van der Waals surface area (Å²) in [5.41, 5.74) is 7.91. The van der Waals surface area contributed by atoms with Crippen molar-refractivity contribution in [3.63, 3.8) is 0 Å². The molecule has 0 unspecified atom stereocenters. The van der Waals surface area contributed by atoms with Crippen LogP contribution in [0.1, 0.15) is 15.9 Å². The lowest BCUT2D eigenvalue weighted by Gasteiger charge is -2.04. The highest BCUT2D eigenvalue weighted by Crippen LogP contribution is 2.20. The maximum absolute atomic E-state index is 10.9. The van der Waals surface area contributed by atoms with Crippen LogP contribution in [0.3, 0.4) is 0 Å². The lowest BCUT2D eigenvalue weighted by Crippen LogP contribution is -2.00. The number of nitrogens with two attached hydrogens (primary N) is 1. The average Bonchev–Trinajstić information content (AvgIpc) is 2.29. The van der Waals surface area contributed by atoms with Gasteiger partial charge in [0.25, 0.3) is 0 Å². The second kappa shape index (κ2) is 4.21. The quantitative estimate of drug-likeness (QED) is 0.818. The molecule has 0 aliphatic rings. The Bertz CT molecular complexity index is 564. The zero-order chi connectivity index (χ0) is 12.4. The molecule has 2 rings (SSSR count). The summed E-state index contributed by atoms with van der Waals surface area (Å²) in [7, 11) is 0. The van der Waals surface area contributed by atoms with Gasteiger partial charge in [-0.1, -0.05) is 6.07 Å². The number of aromatic carboxylic acids is 1. The first-order valence-electron chi connectivity index (χ1n) is 5.00. The molecule has 2 aromatic rings. The molecule has 86 valence electrons. The molecule has 5 heteroatoms. The monoisotopic (exact) mass is 229 g/mol. The number of aromatic nitrogens is 2. The van der Waals surface area contributed by atoms with Gasteiger partial charge in [-0.3, -0.25) is 4.98 Å². The molecule has 0 aliphatic heterocycles.